The van der Waals surface area contributed by atoms with Gasteiger partial charge in [-0.25, -0.2) is 0 Å². The molecule has 1 aromatic rings. The quantitative estimate of drug-likeness (QED) is 0.259. The number of ether oxygens (including phenoxy) is 3. The molecule has 0 saturated carbocycles. The molecule has 0 radical (unpaired) electrons. The number of aliphatic hydroxyl groups is 1. The van der Waals surface area contributed by atoms with Crippen LogP contribution in [0.1, 0.15) is 66.1 Å². The number of rotatable bonds is 11. The number of allylic oxidation sites excluding steroid dienone is 5. The molecule has 0 aromatic carbocycles. The molecule has 2 rings (SSSR count). The van der Waals surface area contributed by atoms with Gasteiger partial charge in [-0.05, 0) is 47.0 Å². The van der Waals surface area contributed by atoms with E-state index in [2.05, 4.69) is 57.8 Å². The Morgan fingerprint density at radius 1 is 1.18 bits per heavy atom. The Morgan fingerprint density at radius 3 is 2.35 bits per heavy atom. The molecule has 1 aliphatic heterocycles. The van der Waals surface area contributed by atoms with Crippen LogP contribution in [0.25, 0.3) is 0 Å². The number of hydrogen-bond acceptors (Lipinski definition) is 5. The zero-order valence-electron chi connectivity index (χ0n) is 22.5. The molecule has 1 aliphatic rings. The minimum Gasteiger partial charge on any atom is -0.488 e. The summed E-state index contributed by atoms with van der Waals surface area (Å²) in [5.74, 6) is 0.943. The van der Waals surface area contributed by atoms with Crippen molar-refractivity contribution in [1.29, 1.82) is 0 Å². The smallest absolute Gasteiger partial charge is 0.238 e. The highest BCUT2D eigenvalue weighted by Gasteiger charge is 2.59. The molecule has 6 heteroatoms. The first kappa shape index (κ1) is 27.9. The van der Waals surface area contributed by atoms with E-state index >= 15 is 0 Å². The first-order valence-electron chi connectivity index (χ1n) is 12.1. The molecule has 0 bridgehead atoms. The molecule has 0 unspecified atom stereocenters. The van der Waals surface area contributed by atoms with Crippen LogP contribution in [-0.2, 0) is 11.2 Å². The van der Waals surface area contributed by atoms with Crippen LogP contribution >= 0.6 is 0 Å². The number of aliphatic hydroxyl groups excluding tert-OH is 1. The van der Waals surface area contributed by atoms with Crippen molar-refractivity contribution in [2.45, 2.75) is 86.0 Å². The summed E-state index contributed by atoms with van der Waals surface area (Å²) in [4.78, 5) is 15.7. The van der Waals surface area contributed by atoms with E-state index in [1.54, 1.807) is 6.92 Å². The van der Waals surface area contributed by atoms with Crippen LogP contribution < -0.4 is 14.9 Å². The van der Waals surface area contributed by atoms with Gasteiger partial charge >= 0.3 is 0 Å². The first-order valence-corrected chi connectivity index (χ1v) is 12.1. The van der Waals surface area contributed by atoms with Crippen molar-refractivity contribution >= 4 is 0 Å². The second-order valence-corrected chi connectivity index (χ2v) is 10.2. The summed E-state index contributed by atoms with van der Waals surface area (Å²) in [5, 5.41) is 10.8. The van der Waals surface area contributed by atoms with Crippen LogP contribution in [0.4, 0.5) is 0 Å². The van der Waals surface area contributed by atoms with Gasteiger partial charge in [-0.15, -0.1) is 0 Å². The Kier molecular flexibility index (Phi) is 9.37. The molecular formula is C28H43NO5. The molecule has 0 amide bonds. The first-order chi connectivity index (χ1) is 15.8. The fourth-order valence-electron chi connectivity index (χ4n) is 4.81. The molecule has 34 heavy (non-hydrogen) atoms. The maximum absolute atomic E-state index is 12.5. The highest BCUT2D eigenvalue weighted by molar-refractivity contribution is 5.40. The fourth-order valence-corrected chi connectivity index (χ4v) is 4.81. The Morgan fingerprint density at radius 2 is 1.82 bits per heavy atom. The summed E-state index contributed by atoms with van der Waals surface area (Å²) < 4.78 is 16.3. The zero-order valence-corrected chi connectivity index (χ0v) is 22.5. The Balaban J connectivity index is 2.05. The Labute approximate surface area is 204 Å². The van der Waals surface area contributed by atoms with Crippen LogP contribution in [0, 0.1) is 18.8 Å². The van der Waals surface area contributed by atoms with Crippen molar-refractivity contribution in [2.24, 2.45) is 11.8 Å². The van der Waals surface area contributed by atoms with Crippen molar-refractivity contribution in [1.82, 2.24) is 4.98 Å². The maximum Gasteiger partial charge on any atom is 0.238 e. The number of H-pyrrole nitrogens is 1. The summed E-state index contributed by atoms with van der Waals surface area (Å²) in [6.45, 7) is 16.4. The molecule has 190 valence electrons. The minimum atomic E-state index is -0.530. The molecule has 6 nitrogen and oxygen atoms in total. The molecule has 4 atom stereocenters. The van der Waals surface area contributed by atoms with Gasteiger partial charge in [0.2, 0.25) is 17.1 Å². The van der Waals surface area contributed by atoms with Crippen molar-refractivity contribution in [3.63, 3.8) is 0 Å². The van der Waals surface area contributed by atoms with E-state index in [-0.39, 0.29) is 23.2 Å². The standard InChI is InChI=1S/C28H43NO5/c1-16(2)26-28(8,34-26)25(31)20(6)15-19(5)14-18(4)13-17(3)11-12-22-21(7)23(30)24(32-9)27(29-22)33-10/h11,14-16,20,25-26,31H,12-13H2,1-10H3,(H,29,30)/b17-11+,18-14+,19-15+/t20-,25-,26+,28+/m1/s1. The molecular weight excluding hydrogens is 430 g/mol. The average molecular weight is 474 g/mol. The average Bonchev–Trinajstić information content (AvgIpc) is 3.46. The number of methoxy groups -OCH3 is 2. The van der Waals surface area contributed by atoms with Gasteiger partial charge in [-0.1, -0.05) is 55.7 Å². The molecule has 2 N–H and O–H groups in total. The molecule has 1 fully saturated rings. The van der Waals surface area contributed by atoms with Crippen molar-refractivity contribution in [2.75, 3.05) is 14.2 Å². The lowest BCUT2D eigenvalue weighted by molar-refractivity contribution is 0.0563. The molecule has 0 spiro atoms. The van der Waals surface area contributed by atoms with Crippen LogP contribution in [0.5, 0.6) is 11.6 Å². The highest BCUT2D eigenvalue weighted by Crippen LogP contribution is 2.46. The highest BCUT2D eigenvalue weighted by atomic mass is 16.6. The number of aromatic amines is 1. The van der Waals surface area contributed by atoms with E-state index in [1.165, 1.54) is 25.4 Å². The lowest BCUT2D eigenvalue weighted by Gasteiger charge is -2.21. The second-order valence-electron chi connectivity index (χ2n) is 10.2. The van der Waals surface area contributed by atoms with Gasteiger partial charge in [0.15, 0.2) is 0 Å². The second kappa shape index (κ2) is 11.4. The molecule has 2 heterocycles. The Hall–Kier alpha value is -2.31. The van der Waals surface area contributed by atoms with Gasteiger partial charge in [0.1, 0.15) is 5.60 Å². The van der Waals surface area contributed by atoms with E-state index < -0.39 is 11.7 Å². The number of aromatic nitrogens is 1. The van der Waals surface area contributed by atoms with Gasteiger partial charge in [-0.3, -0.25) is 4.79 Å². The van der Waals surface area contributed by atoms with E-state index in [0.717, 1.165) is 17.7 Å². The number of pyridine rings is 1. The van der Waals surface area contributed by atoms with E-state index in [9.17, 15) is 9.90 Å². The SMILES string of the molecule is COc1[nH]c(C/C=C(\C)C/C(C)=C/C(C)=C/[C@@H](C)[C@@H](O)[C@]2(C)O[C@H]2C(C)C)c(C)c(=O)c1OC. The zero-order chi connectivity index (χ0) is 25.8. The van der Waals surface area contributed by atoms with Crippen molar-refractivity contribution < 1.29 is 19.3 Å². The topological polar surface area (TPSA) is 84.1 Å². The Bertz CT molecular complexity index is 1020. The predicted molar refractivity (Wildman–Crippen MR) is 138 cm³/mol. The van der Waals surface area contributed by atoms with Gasteiger partial charge < -0.3 is 24.3 Å². The number of hydrogen-bond donors (Lipinski definition) is 2. The summed E-state index contributed by atoms with van der Waals surface area (Å²) in [6, 6.07) is 0. The molecule has 1 aromatic heterocycles. The lowest BCUT2D eigenvalue weighted by Crippen LogP contribution is -2.35. The summed E-state index contributed by atoms with van der Waals surface area (Å²) >= 11 is 0. The monoisotopic (exact) mass is 473 g/mol. The van der Waals surface area contributed by atoms with Gasteiger partial charge in [0.25, 0.3) is 0 Å². The maximum atomic E-state index is 12.5. The third kappa shape index (κ3) is 6.42. The van der Waals surface area contributed by atoms with Crippen LogP contribution in [-0.4, -0.2) is 42.1 Å². The summed E-state index contributed by atoms with van der Waals surface area (Å²) in [5.41, 5.74) is 4.41. The summed E-state index contributed by atoms with van der Waals surface area (Å²) in [6.07, 6.45) is 7.44. The van der Waals surface area contributed by atoms with E-state index in [1.807, 2.05) is 13.8 Å². The van der Waals surface area contributed by atoms with Gasteiger partial charge in [-0.2, -0.15) is 0 Å². The lowest BCUT2D eigenvalue weighted by atomic mass is 9.86. The van der Waals surface area contributed by atoms with E-state index in [4.69, 9.17) is 14.2 Å². The third-order valence-corrected chi connectivity index (χ3v) is 6.67. The normalized spacial score (nSPS) is 23.2. The predicted octanol–water partition coefficient (Wildman–Crippen LogP) is 5.28. The van der Waals surface area contributed by atoms with Gasteiger partial charge in [0.05, 0.1) is 26.4 Å². The molecule has 0 aliphatic carbocycles. The summed E-state index contributed by atoms with van der Waals surface area (Å²) in [7, 11) is 2.98. The van der Waals surface area contributed by atoms with Crippen LogP contribution in [0.3, 0.4) is 0 Å². The molecule has 1 saturated heterocycles. The number of epoxide rings is 1. The largest absolute Gasteiger partial charge is 0.488 e. The van der Waals surface area contributed by atoms with Crippen molar-refractivity contribution in [3.8, 4) is 11.6 Å². The van der Waals surface area contributed by atoms with Gasteiger partial charge in [0, 0.05) is 23.6 Å². The van der Waals surface area contributed by atoms with Crippen LogP contribution in [0.2, 0.25) is 0 Å². The number of nitrogens with one attached hydrogen (secondary N) is 1. The van der Waals surface area contributed by atoms with E-state index in [0.29, 0.717) is 23.8 Å². The van der Waals surface area contributed by atoms with Crippen LogP contribution in [0.15, 0.2) is 39.7 Å². The third-order valence-electron chi connectivity index (χ3n) is 6.67. The minimum absolute atomic E-state index is 0.000657. The van der Waals surface area contributed by atoms with Crippen molar-refractivity contribution in [3.05, 3.63) is 56.4 Å². The fraction of sp³-hybridized carbons (Fsp3) is 0.607.